The molecule has 7 atom stereocenters. The molecule has 0 spiro atoms. The van der Waals surface area contributed by atoms with Crippen LogP contribution >= 0.6 is 0 Å². The molecular formula is C35H71N. The predicted octanol–water partition coefficient (Wildman–Crippen LogP) is 11.5. The van der Waals surface area contributed by atoms with Crippen LogP contribution in [0.1, 0.15) is 159 Å². The summed E-state index contributed by atoms with van der Waals surface area (Å²) in [5, 5.41) is 2.75. The van der Waals surface area contributed by atoms with Gasteiger partial charge in [-0.2, -0.15) is 0 Å². The van der Waals surface area contributed by atoms with Gasteiger partial charge in [-0.15, -0.1) is 6.58 Å². The molecule has 4 aliphatic rings. The van der Waals surface area contributed by atoms with Gasteiger partial charge in [0.15, 0.2) is 0 Å². The average molecular weight is 506 g/mol. The minimum absolute atomic E-state index is 0.612. The highest BCUT2D eigenvalue weighted by Crippen LogP contribution is 2.75. The fraction of sp³-hybridized carbons (Fsp3) is 0.943. The van der Waals surface area contributed by atoms with Gasteiger partial charge in [0.05, 0.1) is 0 Å². The average Bonchev–Trinajstić information content (AvgIpc) is 3.21. The number of hydrogen-bond donors (Lipinski definition) is 1. The summed E-state index contributed by atoms with van der Waals surface area (Å²) in [6.07, 6.45) is 22.5. The molecule has 0 aromatic heterocycles. The smallest absolute Gasteiger partial charge is 0.0167 e. The molecule has 1 nitrogen and oxygen atoms in total. The van der Waals surface area contributed by atoms with Gasteiger partial charge in [-0.1, -0.05) is 94.6 Å². The van der Waals surface area contributed by atoms with Crippen LogP contribution in [0.3, 0.4) is 0 Å². The summed E-state index contributed by atoms with van der Waals surface area (Å²) >= 11 is 0. The second-order valence-corrected chi connectivity index (χ2v) is 13.0. The van der Waals surface area contributed by atoms with E-state index < -0.39 is 0 Å². The Morgan fingerprint density at radius 2 is 1.31 bits per heavy atom. The first-order valence-electron chi connectivity index (χ1n) is 16.3. The lowest BCUT2D eigenvalue weighted by atomic mass is 9.36. The maximum atomic E-state index is 3.94. The van der Waals surface area contributed by atoms with Gasteiger partial charge in [-0.25, -0.2) is 0 Å². The van der Waals surface area contributed by atoms with Gasteiger partial charge in [0.2, 0.25) is 0 Å². The Morgan fingerprint density at radius 3 is 1.86 bits per heavy atom. The number of hydrogen-bond acceptors (Lipinski definition) is 1. The molecular weight excluding hydrogens is 434 g/mol. The third kappa shape index (κ3) is 7.21. The Balaban J connectivity index is 0.00000108. The molecule has 0 amide bonds. The van der Waals surface area contributed by atoms with E-state index >= 15 is 0 Å². The molecule has 0 heterocycles. The minimum Gasteiger partial charge on any atom is -0.323 e. The summed E-state index contributed by atoms with van der Waals surface area (Å²) in [5.74, 6) is 2.96. The zero-order valence-electron chi connectivity index (χ0n) is 27.4. The molecule has 0 aliphatic heterocycles. The molecule has 1 heteroatoms. The van der Waals surface area contributed by atoms with Gasteiger partial charge in [-0.3, -0.25) is 0 Å². The molecule has 7 unspecified atom stereocenters. The third-order valence-electron chi connectivity index (χ3n) is 11.1. The number of fused-ring (bicyclic) bond motifs is 5. The van der Waals surface area contributed by atoms with Crippen molar-refractivity contribution in [2.75, 3.05) is 14.1 Å². The van der Waals surface area contributed by atoms with E-state index in [1.165, 1.54) is 89.9 Å². The maximum absolute atomic E-state index is 3.94. The van der Waals surface area contributed by atoms with Crippen LogP contribution in [0.2, 0.25) is 0 Å². The Labute approximate surface area is 230 Å². The molecule has 4 fully saturated rings. The SMILES string of the molecule is C=CCCCC1CCC2C1(C)CCC1C2(C)CCC2(C)CCCCC12C.CC.CC.CCC.CNC. The first-order chi connectivity index (χ1) is 17.1. The van der Waals surface area contributed by atoms with Crippen molar-refractivity contribution in [3.8, 4) is 0 Å². The third-order valence-corrected chi connectivity index (χ3v) is 11.1. The van der Waals surface area contributed by atoms with Crippen LogP contribution in [0.15, 0.2) is 12.7 Å². The van der Waals surface area contributed by atoms with Gasteiger partial charge < -0.3 is 5.32 Å². The van der Waals surface area contributed by atoms with Crippen molar-refractivity contribution in [1.29, 1.82) is 0 Å². The van der Waals surface area contributed by atoms with Crippen molar-refractivity contribution < 1.29 is 0 Å². The highest BCUT2D eigenvalue weighted by molar-refractivity contribution is 5.15. The van der Waals surface area contributed by atoms with Crippen molar-refractivity contribution in [3.63, 3.8) is 0 Å². The van der Waals surface area contributed by atoms with E-state index in [0.717, 1.165) is 17.8 Å². The lowest BCUT2D eigenvalue weighted by Crippen LogP contribution is -2.61. The second-order valence-electron chi connectivity index (χ2n) is 13.0. The molecule has 4 saturated carbocycles. The van der Waals surface area contributed by atoms with Crippen LogP contribution in [-0.4, -0.2) is 14.1 Å². The van der Waals surface area contributed by atoms with Crippen LogP contribution in [0.25, 0.3) is 0 Å². The normalized spacial score (nSPS) is 39.9. The molecule has 0 bridgehead atoms. The molecule has 36 heavy (non-hydrogen) atoms. The van der Waals surface area contributed by atoms with Crippen LogP contribution < -0.4 is 5.32 Å². The summed E-state index contributed by atoms with van der Waals surface area (Å²) in [7, 11) is 3.75. The summed E-state index contributed by atoms with van der Waals surface area (Å²) in [4.78, 5) is 0. The predicted molar refractivity (Wildman–Crippen MR) is 167 cm³/mol. The highest BCUT2D eigenvalue weighted by atomic mass is 14.7. The fourth-order valence-corrected chi connectivity index (χ4v) is 9.32. The summed E-state index contributed by atoms with van der Waals surface area (Å²) in [6.45, 7) is 27.1. The minimum atomic E-state index is 0.612. The lowest BCUT2D eigenvalue weighted by molar-refractivity contribution is -0.197. The van der Waals surface area contributed by atoms with Crippen LogP contribution in [0, 0.1) is 39.4 Å². The Morgan fingerprint density at radius 1 is 0.750 bits per heavy atom. The van der Waals surface area contributed by atoms with Gasteiger partial charge in [0, 0.05) is 0 Å². The summed E-state index contributed by atoms with van der Waals surface area (Å²) in [6, 6.07) is 0. The van der Waals surface area contributed by atoms with E-state index in [4.69, 9.17) is 0 Å². The van der Waals surface area contributed by atoms with E-state index in [1.54, 1.807) is 0 Å². The molecule has 216 valence electrons. The number of nitrogens with one attached hydrogen (secondary N) is 1. The van der Waals surface area contributed by atoms with E-state index in [1.807, 2.05) is 41.8 Å². The molecule has 4 aliphatic carbocycles. The van der Waals surface area contributed by atoms with Crippen molar-refractivity contribution in [1.82, 2.24) is 5.32 Å². The topological polar surface area (TPSA) is 12.0 Å². The van der Waals surface area contributed by atoms with Crippen molar-refractivity contribution in [2.45, 2.75) is 159 Å². The zero-order valence-corrected chi connectivity index (χ0v) is 27.4. The molecule has 0 radical (unpaired) electrons. The molecule has 0 aromatic carbocycles. The molecule has 1 N–H and O–H groups in total. The van der Waals surface area contributed by atoms with E-state index in [-0.39, 0.29) is 0 Å². The quantitative estimate of drug-likeness (QED) is 0.296. The van der Waals surface area contributed by atoms with Crippen molar-refractivity contribution in [3.05, 3.63) is 12.7 Å². The Kier molecular flexibility index (Phi) is 16.5. The van der Waals surface area contributed by atoms with Gasteiger partial charge in [0.1, 0.15) is 0 Å². The van der Waals surface area contributed by atoms with E-state index in [2.05, 4.69) is 59.5 Å². The number of unbranched alkanes of at least 4 members (excludes halogenated alkanes) is 1. The van der Waals surface area contributed by atoms with Gasteiger partial charge in [-0.05, 0) is 124 Å². The monoisotopic (exact) mass is 506 g/mol. The largest absolute Gasteiger partial charge is 0.323 e. The maximum Gasteiger partial charge on any atom is -0.0167 e. The lowest BCUT2D eigenvalue weighted by Gasteiger charge is -2.69. The molecule has 0 aromatic rings. The van der Waals surface area contributed by atoms with E-state index in [9.17, 15) is 0 Å². The van der Waals surface area contributed by atoms with Crippen molar-refractivity contribution in [2.24, 2.45) is 39.4 Å². The summed E-state index contributed by atoms with van der Waals surface area (Å²) in [5.41, 5.74) is 2.49. The molecule has 0 saturated heterocycles. The van der Waals surface area contributed by atoms with E-state index in [0.29, 0.717) is 21.7 Å². The van der Waals surface area contributed by atoms with Gasteiger partial charge >= 0.3 is 0 Å². The Hall–Kier alpha value is -0.300. The fourth-order valence-electron chi connectivity index (χ4n) is 9.32. The number of rotatable bonds is 4. The highest BCUT2D eigenvalue weighted by Gasteiger charge is 2.66. The Bertz CT molecular complexity index is 581. The van der Waals surface area contributed by atoms with Crippen LogP contribution in [-0.2, 0) is 0 Å². The number of allylic oxidation sites excluding steroid dienone is 1. The van der Waals surface area contributed by atoms with Crippen LogP contribution in [0.4, 0.5) is 0 Å². The van der Waals surface area contributed by atoms with Gasteiger partial charge in [0.25, 0.3) is 0 Å². The van der Waals surface area contributed by atoms with Crippen LogP contribution in [0.5, 0.6) is 0 Å². The zero-order chi connectivity index (χ0) is 28.0. The van der Waals surface area contributed by atoms with Crippen molar-refractivity contribution >= 4 is 0 Å². The summed E-state index contributed by atoms with van der Waals surface area (Å²) < 4.78 is 0. The molecule has 4 rings (SSSR count). The second kappa shape index (κ2) is 16.6. The first kappa shape index (κ1) is 35.7. The standard InChI is InChI=1S/C26H44.C3H8.C2H7N.2C2H6/c1-6-7-8-11-20-12-13-21-24(20,3)17-14-22-25(21,4)19-18-23(2)15-9-10-16-26(22,23)5;2*1-3-2;2*1-2/h6,20-22H,1,7-19H2,2-5H3;3H2,1-2H3;3H,1-2H3;2*1-2H3. The first-order valence-corrected chi connectivity index (χ1v) is 16.3.